The molecule has 0 amide bonds. The lowest BCUT2D eigenvalue weighted by Gasteiger charge is -2.15. The molecule has 1 aliphatic rings. The zero-order chi connectivity index (χ0) is 13.5. The van der Waals surface area contributed by atoms with Crippen LogP contribution in [0.1, 0.15) is 24.8 Å². The van der Waals surface area contributed by atoms with Crippen molar-refractivity contribution < 1.29 is 9.47 Å². The molecule has 0 atom stereocenters. The molecule has 0 saturated carbocycles. The van der Waals surface area contributed by atoms with Crippen LogP contribution in [-0.2, 0) is 6.54 Å². The minimum Gasteiger partial charge on any atom is -0.497 e. The van der Waals surface area contributed by atoms with E-state index in [1.165, 1.54) is 25.9 Å². The van der Waals surface area contributed by atoms with E-state index in [9.17, 15) is 0 Å². The Morgan fingerprint density at radius 3 is 2.74 bits per heavy atom. The molecule has 4 nitrogen and oxygen atoms in total. The second-order valence-corrected chi connectivity index (χ2v) is 4.93. The molecule has 1 aromatic rings. The predicted molar refractivity (Wildman–Crippen MR) is 76.7 cm³/mol. The lowest BCUT2D eigenvalue weighted by Crippen LogP contribution is -2.22. The summed E-state index contributed by atoms with van der Waals surface area (Å²) in [5, 5.41) is 0. The van der Waals surface area contributed by atoms with Crippen LogP contribution < -0.4 is 15.2 Å². The highest BCUT2D eigenvalue weighted by molar-refractivity contribution is 5.40. The second-order valence-electron chi connectivity index (χ2n) is 4.93. The van der Waals surface area contributed by atoms with Crippen LogP contribution in [0.25, 0.3) is 0 Å². The average Bonchev–Trinajstić information content (AvgIpc) is 2.96. The highest BCUT2D eigenvalue weighted by Gasteiger charge is 2.10. The smallest absolute Gasteiger partial charge is 0.127 e. The van der Waals surface area contributed by atoms with E-state index in [2.05, 4.69) is 4.90 Å². The largest absolute Gasteiger partial charge is 0.497 e. The number of likely N-dealkylation sites (tertiary alicyclic amines) is 1. The Hall–Kier alpha value is -1.26. The standard InChI is InChI=1S/C15H24N2O2/c1-18-14-6-5-13(12-16)15(11-14)19-10-4-9-17-7-2-3-8-17/h5-6,11H,2-4,7-10,12,16H2,1H3. The highest BCUT2D eigenvalue weighted by Crippen LogP contribution is 2.24. The van der Waals surface area contributed by atoms with Gasteiger partial charge in [0.25, 0.3) is 0 Å². The molecule has 19 heavy (non-hydrogen) atoms. The summed E-state index contributed by atoms with van der Waals surface area (Å²) in [6.45, 7) is 4.84. The van der Waals surface area contributed by atoms with Gasteiger partial charge in [-0.25, -0.2) is 0 Å². The van der Waals surface area contributed by atoms with Gasteiger partial charge in [0, 0.05) is 24.7 Å². The van der Waals surface area contributed by atoms with Gasteiger partial charge in [-0.15, -0.1) is 0 Å². The lowest BCUT2D eigenvalue weighted by atomic mass is 10.2. The summed E-state index contributed by atoms with van der Waals surface area (Å²) in [6, 6.07) is 5.80. The molecule has 0 spiro atoms. The molecule has 2 N–H and O–H groups in total. The summed E-state index contributed by atoms with van der Waals surface area (Å²) in [6.07, 6.45) is 3.74. The Morgan fingerprint density at radius 1 is 1.26 bits per heavy atom. The summed E-state index contributed by atoms with van der Waals surface area (Å²) < 4.78 is 11.1. The van der Waals surface area contributed by atoms with Gasteiger partial charge in [0.15, 0.2) is 0 Å². The van der Waals surface area contributed by atoms with E-state index in [0.29, 0.717) is 6.54 Å². The van der Waals surface area contributed by atoms with E-state index in [-0.39, 0.29) is 0 Å². The number of benzene rings is 1. The van der Waals surface area contributed by atoms with E-state index in [1.54, 1.807) is 7.11 Å². The number of ether oxygens (including phenoxy) is 2. The molecular weight excluding hydrogens is 240 g/mol. The maximum absolute atomic E-state index is 5.84. The van der Waals surface area contributed by atoms with E-state index >= 15 is 0 Å². The minimum atomic E-state index is 0.492. The fraction of sp³-hybridized carbons (Fsp3) is 0.600. The molecule has 106 valence electrons. The van der Waals surface area contributed by atoms with Crippen LogP contribution in [0, 0.1) is 0 Å². The molecular formula is C15H24N2O2. The first-order chi connectivity index (χ1) is 9.33. The van der Waals surface area contributed by atoms with Gasteiger partial charge in [-0.3, -0.25) is 0 Å². The Kier molecular flexibility index (Phi) is 5.48. The molecule has 2 rings (SSSR count). The third-order valence-electron chi connectivity index (χ3n) is 3.57. The zero-order valence-electron chi connectivity index (χ0n) is 11.7. The molecule has 0 aliphatic carbocycles. The van der Waals surface area contributed by atoms with Gasteiger partial charge in [0.2, 0.25) is 0 Å². The Morgan fingerprint density at radius 2 is 2.05 bits per heavy atom. The van der Waals surface area contributed by atoms with E-state index in [4.69, 9.17) is 15.2 Å². The van der Waals surface area contributed by atoms with Crippen molar-refractivity contribution in [2.24, 2.45) is 5.73 Å². The molecule has 1 saturated heterocycles. The van der Waals surface area contributed by atoms with Crippen molar-refractivity contribution in [1.82, 2.24) is 4.90 Å². The van der Waals surface area contributed by atoms with Gasteiger partial charge in [-0.2, -0.15) is 0 Å². The lowest BCUT2D eigenvalue weighted by molar-refractivity contribution is 0.261. The van der Waals surface area contributed by atoms with Crippen LogP contribution in [-0.4, -0.2) is 38.3 Å². The molecule has 0 radical (unpaired) electrons. The molecule has 1 fully saturated rings. The van der Waals surface area contributed by atoms with E-state index in [0.717, 1.165) is 36.6 Å². The zero-order valence-corrected chi connectivity index (χ0v) is 11.7. The Balaban J connectivity index is 1.80. The molecule has 0 aromatic heterocycles. The maximum atomic E-state index is 5.84. The van der Waals surface area contributed by atoms with Crippen molar-refractivity contribution >= 4 is 0 Å². The average molecular weight is 264 g/mol. The monoisotopic (exact) mass is 264 g/mol. The van der Waals surface area contributed by atoms with Crippen molar-refractivity contribution in [3.8, 4) is 11.5 Å². The minimum absolute atomic E-state index is 0.492. The van der Waals surface area contributed by atoms with Gasteiger partial charge in [-0.1, -0.05) is 6.07 Å². The van der Waals surface area contributed by atoms with Gasteiger partial charge in [-0.05, 0) is 38.4 Å². The SMILES string of the molecule is COc1ccc(CN)c(OCCCN2CCCC2)c1. The summed E-state index contributed by atoms with van der Waals surface area (Å²) in [4.78, 5) is 2.50. The molecule has 1 aromatic carbocycles. The number of rotatable bonds is 7. The van der Waals surface area contributed by atoms with E-state index in [1.807, 2.05) is 18.2 Å². The van der Waals surface area contributed by atoms with E-state index < -0.39 is 0 Å². The third kappa shape index (κ3) is 4.11. The van der Waals surface area contributed by atoms with Gasteiger partial charge >= 0.3 is 0 Å². The molecule has 4 heteroatoms. The highest BCUT2D eigenvalue weighted by atomic mass is 16.5. The van der Waals surface area contributed by atoms with Crippen molar-refractivity contribution in [3.05, 3.63) is 23.8 Å². The Labute approximate surface area is 115 Å². The first kappa shape index (κ1) is 14.2. The van der Waals surface area contributed by atoms with Gasteiger partial charge < -0.3 is 20.1 Å². The second kappa shape index (κ2) is 7.36. The molecule has 0 bridgehead atoms. The fourth-order valence-electron chi connectivity index (χ4n) is 2.44. The van der Waals surface area contributed by atoms with Gasteiger partial charge in [0.05, 0.1) is 13.7 Å². The summed E-state index contributed by atoms with van der Waals surface area (Å²) in [5.74, 6) is 1.66. The van der Waals surface area contributed by atoms with Crippen molar-refractivity contribution in [2.45, 2.75) is 25.8 Å². The number of hydrogen-bond acceptors (Lipinski definition) is 4. The first-order valence-electron chi connectivity index (χ1n) is 7.05. The summed E-state index contributed by atoms with van der Waals surface area (Å²) >= 11 is 0. The number of methoxy groups -OCH3 is 1. The first-order valence-corrected chi connectivity index (χ1v) is 7.05. The topological polar surface area (TPSA) is 47.7 Å². The van der Waals surface area contributed by atoms with Crippen molar-refractivity contribution in [1.29, 1.82) is 0 Å². The quantitative estimate of drug-likeness (QED) is 0.765. The van der Waals surface area contributed by atoms with Gasteiger partial charge in [0.1, 0.15) is 11.5 Å². The van der Waals surface area contributed by atoms with Crippen LogP contribution in [0.15, 0.2) is 18.2 Å². The van der Waals surface area contributed by atoms with Crippen LogP contribution in [0.4, 0.5) is 0 Å². The Bertz CT molecular complexity index is 390. The number of nitrogens with zero attached hydrogens (tertiary/aromatic N) is 1. The third-order valence-corrected chi connectivity index (χ3v) is 3.57. The van der Waals surface area contributed by atoms with Crippen molar-refractivity contribution in [2.75, 3.05) is 33.4 Å². The maximum Gasteiger partial charge on any atom is 0.127 e. The fourth-order valence-corrected chi connectivity index (χ4v) is 2.44. The molecule has 1 aliphatic heterocycles. The number of hydrogen-bond donors (Lipinski definition) is 1. The van der Waals surface area contributed by atoms with Crippen LogP contribution >= 0.6 is 0 Å². The normalized spacial score (nSPS) is 15.7. The summed E-state index contributed by atoms with van der Waals surface area (Å²) in [5.41, 5.74) is 6.75. The van der Waals surface area contributed by atoms with Crippen LogP contribution in [0.3, 0.4) is 0 Å². The summed E-state index contributed by atoms with van der Waals surface area (Å²) in [7, 11) is 1.66. The molecule has 0 unspecified atom stereocenters. The number of nitrogens with two attached hydrogens (primary N) is 1. The van der Waals surface area contributed by atoms with Crippen LogP contribution in [0.2, 0.25) is 0 Å². The predicted octanol–water partition coefficient (Wildman–Crippen LogP) is 2.02. The van der Waals surface area contributed by atoms with Crippen molar-refractivity contribution in [3.63, 3.8) is 0 Å². The van der Waals surface area contributed by atoms with Crippen LogP contribution in [0.5, 0.6) is 11.5 Å². The molecule has 1 heterocycles.